The van der Waals surface area contributed by atoms with Crippen LogP contribution in [0.15, 0.2) is 42.5 Å². The zero-order valence-electron chi connectivity index (χ0n) is 15.0. The number of ether oxygens (including phenoxy) is 1. The Labute approximate surface area is 153 Å². The lowest BCUT2D eigenvalue weighted by Crippen LogP contribution is -2.51. The van der Waals surface area contributed by atoms with Crippen molar-refractivity contribution in [2.75, 3.05) is 13.6 Å². The summed E-state index contributed by atoms with van der Waals surface area (Å²) in [5.74, 6) is -0.840. The van der Waals surface area contributed by atoms with Crippen LogP contribution in [0.2, 0.25) is 0 Å². The minimum absolute atomic E-state index is 0.0252. The Kier molecular flexibility index (Phi) is 3.35. The van der Waals surface area contributed by atoms with E-state index in [0.29, 0.717) is 6.54 Å². The summed E-state index contributed by atoms with van der Waals surface area (Å²) in [7, 11) is 1.79. The maximum absolute atomic E-state index is 13.4. The van der Waals surface area contributed by atoms with Gasteiger partial charge in [-0.15, -0.1) is 0 Å². The molecule has 1 N–H and O–H groups in total. The molecule has 1 aromatic carbocycles. The van der Waals surface area contributed by atoms with E-state index in [1.165, 1.54) is 0 Å². The third-order valence-corrected chi connectivity index (χ3v) is 6.74. The molecule has 136 valence electrons. The van der Waals surface area contributed by atoms with Crippen molar-refractivity contribution in [3.05, 3.63) is 48.0 Å². The molecule has 5 nitrogen and oxygen atoms in total. The zero-order chi connectivity index (χ0) is 17.9. The number of likely N-dealkylation sites (N-methyl/N-ethyl adjacent to an activating group) is 1. The van der Waals surface area contributed by atoms with E-state index in [-0.39, 0.29) is 23.5 Å². The molecule has 5 rings (SSSR count). The smallest absolute Gasteiger partial charge is 0.229 e. The van der Waals surface area contributed by atoms with Gasteiger partial charge in [0.2, 0.25) is 11.8 Å². The number of hydrogen-bond donors (Lipinski definition) is 1. The highest BCUT2D eigenvalue weighted by atomic mass is 16.5. The van der Waals surface area contributed by atoms with Crippen LogP contribution in [0, 0.1) is 11.8 Å². The second kappa shape index (κ2) is 5.43. The van der Waals surface area contributed by atoms with Crippen LogP contribution >= 0.6 is 0 Å². The molecular formula is C21H24N2O3. The molecular weight excluding hydrogens is 328 g/mol. The molecule has 5 heteroatoms. The molecule has 3 aliphatic heterocycles. The molecule has 0 radical (unpaired) electrons. The number of amides is 2. The molecule has 4 unspecified atom stereocenters. The number of nitrogens with zero attached hydrogens (tertiary/aromatic N) is 1. The number of carbonyl (C=O) groups excluding carboxylic acids is 2. The fourth-order valence-electron chi connectivity index (χ4n) is 5.53. The zero-order valence-corrected chi connectivity index (χ0v) is 15.0. The number of fused-ring (bicyclic) bond motifs is 1. The van der Waals surface area contributed by atoms with Gasteiger partial charge >= 0.3 is 0 Å². The summed E-state index contributed by atoms with van der Waals surface area (Å²) in [6.45, 7) is 0.539. The highest BCUT2D eigenvalue weighted by Crippen LogP contribution is 2.52. The maximum Gasteiger partial charge on any atom is 0.229 e. The Morgan fingerprint density at radius 1 is 1.23 bits per heavy atom. The van der Waals surface area contributed by atoms with Crippen LogP contribution in [0.25, 0.3) is 0 Å². The Morgan fingerprint density at radius 2 is 1.96 bits per heavy atom. The standard InChI is InChI=1S/C21H24N2O3/c1-23-13-21-12-9-15(26-21)16(17(21)19(23)25)18(24)22-20(10-5-6-11-20)14-7-3-2-4-8-14/h2-4,7-9,12,15-17H,5-6,10-11,13H2,1H3,(H,22,24). The van der Waals surface area contributed by atoms with Crippen LogP contribution < -0.4 is 5.32 Å². The van der Waals surface area contributed by atoms with Crippen molar-refractivity contribution in [2.45, 2.75) is 42.9 Å². The third kappa shape index (κ3) is 2.07. The lowest BCUT2D eigenvalue weighted by molar-refractivity contribution is -0.137. The fraction of sp³-hybridized carbons (Fsp3) is 0.524. The first-order valence-corrected chi connectivity index (χ1v) is 9.54. The average Bonchev–Trinajstić information content (AvgIpc) is 3.38. The predicted molar refractivity (Wildman–Crippen MR) is 96.1 cm³/mol. The Morgan fingerprint density at radius 3 is 2.69 bits per heavy atom. The van der Waals surface area contributed by atoms with Crippen molar-refractivity contribution < 1.29 is 14.3 Å². The topological polar surface area (TPSA) is 58.6 Å². The lowest BCUT2D eigenvalue weighted by Gasteiger charge is -2.34. The molecule has 1 aromatic rings. The van der Waals surface area contributed by atoms with Crippen LogP contribution in [0.5, 0.6) is 0 Å². The number of likely N-dealkylation sites (tertiary alicyclic amines) is 1. The van der Waals surface area contributed by atoms with E-state index in [2.05, 4.69) is 17.4 Å². The van der Waals surface area contributed by atoms with Crippen molar-refractivity contribution in [1.82, 2.24) is 10.2 Å². The third-order valence-electron chi connectivity index (χ3n) is 6.74. The summed E-state index contributed by atoms with van der Waals surface area (Å²) in [5, 5.41) is 3.36. The number of carbonyl (C=O) groups is 2. The van der Waals surface area contributed by atoms with Gasteiger partial charge in [0.05, 0.1) is 30.0 Å². The summed E-state index contributed by atoms with van der Waals surface area (Å²) in [5.41, 5.74) is 0.244. The molecule has 2 bridgehead atoms. The SMILES string of the molecule is CN1CC23C=CC(O2)C(C(=O)NC2(c4ccccc4)CCCC2)C3C1=O. The van der Waals surface area contributed by atoms with Crippen LogP contribution in [0.3, 0.4) is 0 Å². The molecule has 1 aliphatic carbocycles. The number of nitrogens with one attached hydrogen (secondary N) is 1. The Hall–Kier alpha value is -2.14. The molecule has 2 amide bonds. The highest BCUT2D eigenvalue weighted by molar-refractivity contribution is 5.93. The van der Waals surface area contributed by atoms with Gasteiger partial charge in [0.1, 0.15) is 5.60 Å². The molecule has 3 fully saturated rings. The molecule has 4 atom stereocenters. The first-order valence-electron chi connectivity index (χ1n) is 9.54. The first-order chi connectivity index (χ1) is 12.5. The van der Waals surface area contributed by atoms with Gasteiger partial charge in [-0.3, -0.25) is 9.59 Å². The average molecular weight is 352 g/mol. The van der Waals surface area contributed by atoms with E-state index in [4.69, 9.17) is 4.74 Å². The molecule has 4 aliphatic rings. The summed E-state index contributed by atoms with van der Waals surface area (Å²) in [6.07, 6.45) is 7.78. The van der Waals surface area contributed by atoms with Crippen molar-refractivity contribution in [3.63, 3.8) is 0 Å². The van der Waals surface area contributed by atoms with E-state index in [9.17, 15) is 9.59 Å². The fourth-order valence-corrected chi connectivity index (χ4v) is 5.53. The number of hydrogen-bond acceptors (Lipinski definition) is 3. The normalized spacial score (nSPS) is 36.6. The van der Waals surface area contributed by atoms with Crippen LogP contribution in [0.1, 0.15) is 31.2 Å². The van der Waals surface area contributed by atoms with E-state index >= 15 is 0 Å². The quantitative estimate of drug-likeness (QED) is 0.847. The second-order valence-corrected chi connectivity index (χ2v) is 8.24. The number of rotatable bonds is 3. The second-order valence-electron chi connectivity index (χ2n) is 8.24. The van der Waals surface area contributed by atoms with E-state index in [0.717, 1.165) is 31.2 Å². The summed E-state index contributed by atoms with van der Waals surface area (Å²) in [4.78, 5) is 27.8. The molecule has 2 saturated heterocycles. The molecule has 1 spiro atoms. The van der Waals surface area contributed by atoms with Crippen LogP contribution in [-0.4, -0.2) is 42.0 Å². The Bertz CT molecular complexity index is 784. The largest absolute Gasteiger partial charge is 0.360 e. The van der Waals surface area contributed by atoms with Crippen LogP contribution in [0.4, 0.5) is 0 Å². The molecule has 3 heterocycles. The van der Waals surface area contributed by atoms with Gasteiger partial charge in [0.25, 0.3) is 0 Å². The first kappa shape index (κ1) is 16.1. The van der Waals surface area contributed by atoms with Crippen molar-refractivity contribution in [1.29, 1.82) is 0 Å². The Balaban J connectivity index is 1.45. The van der Waals surface area contributed by atoms with Gasteiger partial charge < -0.3 is 15.0 Å². The summed E-state index contributed by atoms with van der Waals surface area (Å²) < 4.78 is 6.13. The number of benzene rings is 1. The monoisotopic (exact) mass is 352 g/mol. The highest BCUT2D eigenvalue weighted by Gasteiger charge is 2.66. The predicted octanol–water partition coefficient (Wildman–Crippen LogP) is 1.98. The van der Waals surface area contributed by atoms with Crippen molar-refractivity contribution in [2.24, 2.45) is 11.8 Å². The molecule has 26 heavy (non-hydrogen) atoms. The minimum atomic E-state index is -0.603. The molecule has 1 saturated carbocycles. The van der Waals surface area contributed by atoms with Crippen LogP contribution in [-0.2, 0) is 19.9 Å². The van der Waals surface area contributed by atoms with Gasteiger partial charge in [-0.2, -0.15) is 0 Å². The van der Waals surface area contributed by atoms with Gasteiger partial charge in [0.15, 0.2) is 0 Å². The minimum Gasteiger partial charge on any atom is -0.360 e. The van der Waals surface area contributed by atoms with E-state index in [1.807, 2.05) is 30.4 Å². The van der Waals surface area contributed by atoms with Gasteiger partial charge in [-0.25, -0.2) is 0 Å². The van der Waals surface area contributed by atoms with E-state index in [1.54, 1.807) is 11.9 Å². The maximum atomic E-state index is 13.4. The van der Waals surface area contributed by atoms with Crippen molar-refractivity contribution in [3.8, 4) is 0 Å². The summed E-state index contributed by atoms with van der Waals surface area (Å²) >= 11 is 0. The van der Waals surface area contributed by atoms with E-state index < -0.39 is 17.4 Å². The van der Waals surface area contributed by atoms with Gasteiger partial charge in [-0.05, 0) is 18.4 Å². The lowest BCUT2D eigenvalue weighted by atomic mass is 9.76. The van der Waals surface area contributed by atoms with Gasteiger partial charge in [-0.1, -0.05) is 55.3 Å². The summed E-state index contributed by atoms with van der Waals surface area (Å²) in [6, 6.07) is 10.2. The molecule has 0 aromatic heterocycles. The van der Waals surface area contributed by atoms with Crippen molar-refractivity contribution >= 4 is 11.8 Å². The van der Waals surface area contributed by atoms with Gasteiger partial charge in [0, 0.05) is 7.05 Å².